The molecule has 0 aromatic heterocycles. The van der Waals surface area contributed by atoms with Gasteiger partial charge in [0.05, 0.1) is 5.02 Å². The molecule has 0 saturated heterocycles. The first-order valence-electron chi connectivity index (χ1n) is 6.48. The van der Waals surface area contributed by atoms with Crippen LogP contribution >= 0.6 is 11.6 Å². The molecule has 1 aliphatic carbocycles. The Morgan fingerprint density at radius 3 is 2.84 bits per heavy atom. The summed E-state index contributed by atoms with van der Waals surface area (Å²) in [4.78, 5) is 13.6. The van der Waals surface area contributed by atoms with Crippen LogP contribution in [0, 0.1) is 0 Å². The van der Waals surface area contributed by atoms with Crippen molar-refractivity contribution in [2.45, 2.75) is 25.3 Å². The van der Waals surface area contributed by atoms with E-state index in [1.165, 1.54) is 0 Å². The van der Waals surface area contributed by atoms with Crippen LogP contribution in [0.5, 0.6) is 5.75 Å². The summed E-state index contributed by atoms with van der Waals surface area (Å²) in [6, 6.07) is 5.94. The first kappa shape index (κ1) is 14.2. The predicted octanol–water partition coefficient (Wildman–Crippen LogP) is 1.84. The van der Waals surface area contributed by atoms with Crippen LogP contribution in [-0.2, 0) is 11.2 Å². The van der Waals surface area contributed by atoms with Gasteiger partial charge in [0.1, 0.15) is 5.75 Å². The molecule has 1 fully saturated rings. The van der Waals surface area contributed by atoms with Gasteiger partial charge in [-0.15, -0.1) is 0 Å². The number of halogens is 1. The quantitative estimate of drug-likeness (QED) is 0.866. The van der Waals surface area contributed by atoms with Crippen molar-refractivity contribution in [3.63, 3.8) is 0 Å². The third-order valence-electron chi connectivity index (χ3n) is 3.27. The Morgan fingerprint density at radius 1 is 1.53 bits per heavy atom. The van der Waals surface area contributed by atoms with Gasteiger partial charge in [0.25, 0.3) is 5.91 Å². The number of ether oxygens (including phenoxy) is 1. The van der Waals surface area contributed by atoms with E-state index in [9.17, 15) is 4.79 Å². The zero-order chi connectivity index (χ0) is 13.8. The van der Waals surface area contributed by atoms with Crippen LogP contribution in [0.25, 0.3) is 0 Å². The maximum Gasteiger partial charge on any atom is 0.260 e. The zero-order valence-corrected chi connectivity index (χ0v) is 11.8. The molecule has 1 aliphatic rings. The van der Waals surface area contributed by atoms with Gasteiger partial charge in [-0.1, -0.05) is 17.7 Å². The van der Waals surface area contributed by atoms with Gasteiger partial charge in [0.2, 0.25) is 0 Å². The second kappa shape index (κ2) is 6.26. The Bertz CT molecular complexity index is 461. The van der Waals surface area contributed by atoms with Gasteiger partial charge in [-0.25, -0.2) is 0 Å². The van der Waals surface area contributed by atoms with Crippen molar-refractivity contribution in [3.8, 4) is 5.75 Å². The maximum atomic E-state index is 11.8. The number of benzene rings is 1. The summed E-state index contributed by atoms with van der Waals surface area (Å²) in [5.41, 5.74) is 6.56. The largest absolute Gasteiger partial charge is 0.482 e. The first-order chi connectivity index (χ1) is 9.11. The highest BCUT2D eigenvalue weighted by Gasteiger charge is 2.29. The maximum absolute atomic E-state index is 11.8. The van der Waals surface area contributed by atoms with E-state index in [4.69, 9.17) is 22.1 Å². The summed E-state index contributed by atoms with van der Waals surface area (Å²) in [6.07, 6.45) is 2.97. The van der Waals surface area contributed by atoms with Gasteiger partial charge in [-0.3, -0.25) is 4.79 Å². The molecule has 104 valence electrons. The van der Waals surface area contributed by atoms with Gasteiger partial charge in [-0.2, -0.15) is 0 Å². The Hall–Kier alpha value is -1.26. The van der Waals surface area contributed by atoms with Crippen LogP contribution in [0.3, 0.4) is 0 Å². The Labute approximate surface area is 118 Å². The molecular formula is C14H19ClN2O2. The van der Waals surface area contributed by atoms with Crippen LogP contribution in [0.2, 0.25) is 5.02 Å². The average molecular weight is 283 g/mol. The molecule has 19 heavy (non-hydrogen) atoms. The molecule has 5 heteroatoms. The van der Waals surface area contributed by atoms with Crippen LogP contribution < -0.4 is 10.5 Å². The van der Waals surface area contributed by atoms with Crippen molar-refractivity contribution in [1.82, 2.24) is 4.90 Å². The predicted molar refractivity (Wildman–Crippen MR) is 75.5 cm³/mol. The minimum absolute atomic E-state index is 0.00963. The third kappa shape index (κ3) is 3.85. The monoisotopic (exact) mass is 282 g/mol. The summed E-state index contributed by atoms with van der Waals surface area (Å²) < 4.78 is 5.48. The smallest absolute Gasteiger partial charge is 0.260 e. The lowest BCUT2D eigenvalue weighted by Crippen LogP contribution is -2.33. The standard InChI is InChI=1S/C14H19ClN2O2/c1-17(11-3-4-11)14(18)9-19-13-5-2-10(6-7-16)8-12(13)15/h2,5,8,11H,3-4,6-7,9,16H2,1H3. The lowest BCUT2D eigenvalue weighted by atomic mass is 10.1. The molecule has 4 nitrogen and oxygen atoms in total. The molecule has 0 spiro atoms. The number of likely N-dealkylation sites (N-methyl/N-ethyl adjacent to an activating group) is 1. The van der Waals surface area contributed by atoms with E-state index in [0.717, 1.165) is 24.8 Å². The number of amides is 1. The van der Waals surface area contributed by atoms with Crippen molar-refractivity contribution in [2.75, 3.05) is 20.2 Å². The molecule has 2 N–H and O–H groups in total. The second-order valence-corrected chi connectivity index (χ2v) is 5.24. The van der Waals surface area contributed by atoms with E-state index in [1.54, 1.807) is 11.0 Å². The highest BCUT2D eigenvalue weighted by atomic mass is 35.5. The minimum atomic E-state index is -0.00963. The molecule has 0 unspecified atom stereocenters. The van der Waals surface area contributed by atoms with Crippen molar-refractivity contribution < 1.29 is 9.53 Å². The Kier molecular flexibility index (Phi) is 4.66. The SMILES string of the molecule is CN(C(=O)COc1ccc(CCN)cc1Cl)C1CC1. The molecule has 2 rings (SSSR count). The minimum Gasteiger partial charge on any atom is -0.482 e. The van der Waals surface area contributed by atoms with E-state index in [0.29, 0.717) is 23.4 Å². The highest BCUT2D eigenvalue weighted by Crippen LogP contribution is 2.27. The number of nitrogens with zero attached hydrogens (tertiary/aromatic N) is 1. The van der Waals surface area contributed by atoms with Gasteiger partial charge in [-0.05, 0) is 43.5 Å². The van der Waals surface area contributed by atoms with Crippen molar-refractivity contribution in [3.05, 3.63) is 28.8 Å². The van der Waals surface area contributed by atoms with E-state index in [-0.39, 0.29) is 12.5 Å². The normalized spacial score (nSPS) is 14.3. The molecular weight excluding hydrogens is 264 g/mol. The number of nitrogens with two attached hydrogens (primary N) is 1. The van der Waals surface area contributed by atoms with Crippen molar-refractivity contribution in [2.24, 2.45) is 5.73 Å². The summed E-state index contributed by atoms with van der Waals surface area (Å²) in [6.45, 7) is 0.615. The van der Waals surface area contributed by atoms with Crippen LogP contribution in [0.1, 0.15) is 18.4 Å². The lowest BCUT2D eigenvalue weighted by molar-refractivity contribution is -0.132. The van der Waals surface area contributed by atoms with E-state index >= 15 is 0 Å². The average Bonchev–Trinajstić information content (AvgIpc) is 3.21. The van der Waals surface area contributed by atoms with E-state index < -0.39 is 0 Å². The number of carbonyl (C=O) groups is 1. The van der Waals surface area contributed by atoms with Gasteiger partial charge >= 0.3 is 0 Å². The second-order valence-electron chi connectivity index (χ2n) is 4.83. The van der Waals surface area contributed by atoms with Crippen LogP contribution in [0.15, 0.2) is 18.2 Å². The highest BCUT2D eigenvalue weighted by molar-refractivity contribution is 6.32. The van der Waals surface area contributed by atoms with Gasteiger partial charge in [0, 0.05) is 13.1 Å². The Balaban J connectivity index is 1.90. The van der Waals surface area contributed by atoms with E-state index in [1.807, 2.05) is 19.2 Å². The fourth-order valence-corrected chi connectivity index (χ4v) is 2.15. The molecule has 0 radical (unpaired) electrons. The fraction of sp³-hybridized carbons (Fsp3) is 0.500. The van der Waals surface area contributed by atoms with Gasteiger partial charge < -0.3 is 15.4 Å². The number of hydrogen-bond donors (Lipinski definition) is 1. The fourth-order valence-electron chi connectivity index (χ4n) is 1.89. The summed E-state index contributed by atoms with van der Waals surface area (Å²) in [5, 5.41) is 0.521. The summed E-state index contributed by atoms with van der Waals surface area (Å²) in [7, 11) is 1.81. The number of carbonyl (C=O) groups excluding carboxylic acids is 1. The number of hydrogen-bond acceptors (Lipinski definition) is 3. The molecule has 0 atom stereocenters. The first-order valence-corrected chi connectivity index (χ1v) is 6.86. The summed E-state index contributed by atoms with van der Waals surface area (Å²) in [5.74, 6) is 0.532. The third-order valence-corrected chi connectivity index (χ3v) is 3.56. The lowest BCUT2D eigenvalue weighted by Gasteiger charge is -2.17. The van der Waals surface area contributed by atoms with Crippen LogP contribution in [-0.4, -0.2) is 37.0 Å². The topological polar surface area (TPSA) is 55.6 Å². The van der Waals surface area contributed by atoms with Gasteiger partial charge in [0.15, 0.2) is 6.61 Å². The molecule has 1 aromatic carbocycles. The van der Waals surface area contributed by atoms with Crippen molar-refractivity contribution >= 4 is 17.5 Å². The molecule has 0 heterocycles. The molecule has 1 saturated carbocycles. The molecule has 0 bridgehead atoms. The summed E-state index contributed by atoms with van der Waals surface area (Å²) >= 11 is 6.11. The van der Waals surface area contributed by atoms with Crippen LogP contribution in [0.4, 0.5) is 0 Å². The van der Waals surface area contributed by atoms with E-state index in [2.05, 4.69) is 0 Å². The number of rotatable bonds is 6. The molecule has 0 aliphatic heterocycles. The van der Waals surface area contributed by atoms with Crippen molar-refractivity contribution in [1.29, 1.82) is 0 Å². The molecule has 1 aromatic rings. The molecule has 1 amide bonds. The zero-order valence-electron chi connectivity index (χ0n) is 11.1. The Morgan fingerprint density at radius 2 is 2.26 bits per heavy atom.